The van der Waals surface area contributed by atoms with E-state index >= 15 is 0 Å². The number of hydrogen-bond donors (Lipinski definition) is 0. The Balaban J connectivity index is 3.30. The maximum absolute atomic E-state index is 13.2. The molecule has 98 valence electrons. The molecule has 0 spiro atoms. The normalized spacial score (nSPS) is 15.3. The molecule has 0 aliphatic rings. The zero-order chi connectivity index (χ0) is 12.4. The predicted molar refractivity (Wildman–Crippen MR) is 67.8 cm³/mol. The Morgan fingerprint density at radius 2 is 1.56 bits per heavy atom. The van der Waals surface area contributed by atoms with E-state index in [0.717, 1.165) is 12.8 Å². The second kappa shape index (κ2) is 9.18. The van der Waals surface area contributed by atoms with Crippen LogP contribution in [0.5, 0.6) is 0 Å². The second-order valence-corrected chi connectivity index (χ2v) is 6.90. The number of halogens is 1. The van der Waals surface area contributed by atoms with Gasteiger partial charge in [0.15, 0.2) is 0 Å². The zero-order valence-corrected chi connectivity index (χ0v) is 11.8. The third kappa shape index (κ3) is 8.29. The molecular formula is C12H26FO2P. The topological polar surface area (TPSA) is 26.3 Å². The maximum atomic E-state index is 13.2. The Labute approximate surface area is 99.5 Å². The van der Waals surface area contributed by atoms with E-state index in [1.54, 1.807) is 13.8 Å². The Kier molecular flexibility index (Phi) is 9.25. The summed E-state index contributed by atoms with van der Waals surface area (Å²) in [6, 6.07) is 0. The maximum Gasteiger partial charge on any atom is 0.369 e. The molecule has 16 heavy (non-hydrogen) atoms. The van der Waals surface area contributed by atoms with Crippen molar-refractivity contribution in [2.45, 2.75) is 71.4 Å². The molecule has 0 saturated carbocycles. The van der Waals surface area contributed by atoms with E-state index < -0.39 is 13.3 Å². The van der Waals surface area contributed by atoms with Gasteiger partial charge >= 0.3 is 7.68 Å². The molecule has 4 heteroatoms. The lowest BCUT2D eigenvalue weighted by atomic mass is 10.1. The van der Waals surface area contributed by atoms with Crippen LogP contribution in [0.25, 0.3) is 0 Å². The predicted octanol–water partition coefficient (Wildman–Crippen LogP) is 5.32. The van der Waals surface area contributed by atoms with Crippen LogP contribution in [-0.4, -0.2) is 12.3 Å². The fourth-order valence-corrected chi connectivity index (χ4v) is 2.07. The van der Waals surface area contributed by atoms with Crippen molar-refractivity contribution in [3.63, 3.8) is 0 Å². The number of hydrogen-bond acceptors (Lipinski definition) is 2. The van der Waals surface area contributed by atoms with E-state index in [0.29, 0.717) is 6.61 Å². The molecule has 0 heterocycles. The van der Waals surface area contributed by atoms with E-state index in [2.05, 4.69) is 6.92 Å². The van der Waals surface area contributed by atoms with Crippen molar-refractivity contribution in [1.29, 1.82) is 0 Å². The Hall–Kier alpha value is 0.120. The van der Waals surface area contributed by atoms with Gasteiger partial charge < -0.3 is 4.52 Å². The van der Waals surface area contributed by atoms with E-state index in [9.17, 15) is 8.76 Å². The molecule has 2 nitrogen and oxygen atoms in total. The van der Waals surface area contributed by atoms with Crippen molar-refractivity contribution in [2.24, 2.45) is 0 Å². The first-order valence-corrected chi connectivity index (χ1v) is 8.03. The molecule has 0 aromatic heterocycles. The first-order chi connectivity index (χ1) is 7.50. The average molecular weight is 252 g/mol. The van der Waals surface area contributed by atoms with Gasteiger partial charge in [-0.1, -0.05) is 59.3 Å². The highest BCUT2D eigenvalue weighted by Gasteiger charge is 2.26. The highest BCUT2D eigenvalue weighted by molar-refractivity contribution is 7.54. The first-order valence-electron chi connectivity index (χ1n) is 6.44. The van der Waals surface area contributed by atoms with Crippen LogP contribution in [-0.2, 0) is 9.09 Å². The minimum atomic E-state index is -3.83. The Morgan fingerprint density at radius 3 is 2.06 bits per heavy atom. The van der Waals surface area contributed by atoms with Gasteiger partial charge in [-0.25, -0.2) is 0 Å². The van der Waals surface area contributed by atoms with Crippen LogP contribution in [0, 0.1) is 0 Å². The van der Waals surface area contributed by atoms with Crippen molar-refractivity contribution in [2.75, 3.05) is 6.61 Å². The molecule has 0 bridgehead atoms. The van der Waals surface area contributed by atoms with Gasteiger partial charge in [0.25, 0.3) is 0 Å². The summed E-state index contributed by atoms with van der Waals surface area (Å²) in [7, 11) is -3.83. The second-order valence-electron chi connectivity index (χ2n) is 4.57. The average Bonchev–Trinajstić information content (AvgIpc) is 2.21. The van der Waals surface area contributed by atoms with Crippen molar-refractivity contribution in [3.05, 3.63) is 0 Å². The van der Waals surface area contributed by atoms with Gasteiger partial charge in [-0.3, -0.25) is 4.57 Å². The SMILES string of the molecule is CCCCCCCCCOP(=O)(F)C(C)C. The van der Waals surface area contributed by atoms with Crippen molar-refractivity contribution in [1.82, 2.24) is 0 Å². The molecule has 1 atom stereocenters. The molecular weight excluding hydrogens is 226 g/mol. The highest BCUT2D eigenvalue weighted by Crippen LogP contribution is 2.53. The van der Waals surface area contributed by atoms with Crippen molar-refractivity contribution in [3.8, 4) is 0 Å². The van der Waals surface area contributed by atoms with Crippen LogP contribution in [0.4, 0.5) is 4.20 Å². The smallest absolute Gasteiger partial charge is 0.305 e. The largest absolute Gasteiger partial charge is 0.369 e. The number of rotatable bonds is 10. The van der Waals surface area contributed by atoms with E-state index in [-0.39, 0.29) is 0 Å². The molecule has 0 amide bonds. The van der Waals surface area contributed by atoms with Gasteiger partial charge in [-0.05, 0) is 6.42 Å². The summed E-state index contributed by atoms with van der Waals surface area (Å²) in [4.78, 5) is 0. The lowest BCUT2D eigenvalue weighted by Crippen LogP contribution is -1.99. The third-order valence-corrected chi connectivity index (χ3v) is 4.40. The third-order valence-electron chi connectivity index (χ3n) is 2.63. The molecule has 0 aromatic rings. The van der Waals surface area contributed by atoms with E-state index in [1.807, 2.05) is 0 Å². The van der Waals surface area contributed by atoms with E-state index in [4.69, 9.17) is 4.52 Å². The summed E-state index contributed by atoms with van der Waals surface area (Å²) in [5, 5.41) is 0. The standard InChI is InChI=1S/C12H26FO2P/c1-4-5-6-7-8-9-10-11-15-16(13,14)12(2)3/h12H,4-11H2,1-3H3. The van der Waals surface area contributed by atoms with Gasteiger partial charge in [0.2, 0.25) is 0 Å². The van der Waals surface area contributed by atoms with Gasteiger partial charge in [0.1, 0.15) is 0 Å². The van der Waals surface area contributed by atoms with Gasteiger partial charge in [-0.2, -0.15) is 4.20 Å². The summed E-state index contributed by atoms with van der Waals surface area (Å²) < 4.78 is 29.2. The van der Waals surface area contributed by atoms with Gasteiger partial charge in [0, 0.05) is 0 Å². The lowest BCUT2D eigenvalue weighted by molar-refractivity contribution is 0.272. The van der Waals surface area contributed by atoms with Crippen LogP contribution in [0.15, 0.2) is 0 Å². The van der Waals surface area contributed by atoms with E-state index in [1.165, 1.54) is 32.1 Å². The zero-order valence-electron chi connectivity index (χ0n) is 10.9. The summed E-state index contributed by atoms with van der Waals surface area (Å²) in [5.41, 5.74) is -0.517. The van der Waals surface area contributed by atoms with Crippen molar-refractivity contribution < 1.29 is 13.3 Å². The Bertz CT molecular complexity index is 207. The quantitative estimate of drug-likeness (QED) is 0.388. The summed E-state index contributed by atoms with van der Waals surface area (Å²) in [6.07, 6.45) is 8.10. The summed E-state index contributed by atoms with van der Waals surface area (Å²) in [5.74, 6) is 0. The highest BCUT2D eigenvalue weighted by atomic mass is 31.2. The molecule has 0 N–H and O–H groups in total. The molecule has 0 saturated heterocycles. The molecule has 0 radical (unpaired) electrons. The fraction of sp³-hybridized carbons (Fsp3) is 1.00. The fourth-order valence-electron chi connectivity index (χ4n) is 1.40. The monoisotopic (exact) mass is 252 g/mol. The first kappa shape index (κ1) is 16.1. The van der Waals surface area contributed by atoms with Gasteiger partial charge in [0.05, 0.1) is 12.3 Å². The molecule has 0 fully saturated rings. The van der Waals surface area contributed by atoms with Crippen LogP contribution in [0.3, 0.4) is 0 Å². The van der Waals surface area contributed by atoms with Crippen LogP contribution in [0.2, 0.25) is 0 Å². The molecule has 0 aliphatic heterocycles. The summed E-state index contributed by atoms with van der Waals surface area (Å²) in [6.45, 7) is 5.66. The number of unbranched alkanes of at least 4 members (excludes halogenated alkanes) is 6. The minimum Gasteiger partial charge on any atom is -0.305 e. The van der Waals surface area contributed by atoms with Crippen LogP contribution >= 0.6 is 7.68 Å². The van der Waals surface area contributed by atoms with Gasteiger partial charge in [-0.15, -0.1) is 0 Å². The Morgan fingerprint density at radius 1 is 1.06 bits per heavy atom. The lowest BCUT2D eigenvalue weighted by Gasteiger charge is -2.12. The molecule has 0 aliphatic carbocycles. The molecule has 0 aromatic carbocycles. The van der Waals surface area contributed by atoms with Crippen LogP contribution in [0.1, 0.15) is 65.7 Å². The van der Waals surface area contributed by atoms with Crippen molar-refractivity contribution >= 4 is 7.68 Å². The molecule has 0 rings (SSSR count). The van der Waals surface area contributed by atoms with Crippen LogP contribution < -0.4 is 0 Å². The minimum absolute atomic E-state index is 0.291. The molecule has 1 unspecified atom stereocenters. The summed E-state index contributed by atoms with van der Waals surface area (Å²) >= 11 is 0.